The minimum Gasteiger partial charge on any atom is -0.492 e. The summed E-state index contributed by atoms with van der Waals surface area (Å²) in [7, 11) is -4.22. The zero-order chi connectivity index (χ0) is 32.2. The molecule has 0 saturated carbocycles. The van der Waals surface area contributed by atoms with E-state index in [1.807, 2.05) is 75.4 Å². The lowest BCUT2D eigenvalue weighted by molar-refractivity contribution is -0.140. The number of hydrogen-bond donors (Lipinski definition) is 1. The number of nitrogens with one attached hydrogen (secondary N) is 1. The van der Waals surface area contributed by atoms with Gasteiger partial charge in [0.05, 0.1) is 17.2 Å². The highest BCUT2D eigenvalue weighted by molar-refractivity contribution is 7.92. The molecule has 0 radical (unpaired) electrons. The summed E-state index contributed by atoms with van der Waals surface area (Å²) >= 11 is 0. The second kappa shape index (κ2) is 15.9. The molecule has 1 N–H and O–H groups in total. The number of rotatable bonds is 15. The first kappa shape index (κ1) is 33.3. The van der Waals surface area contributed by atoms with Crippen LogP contribution in [0.5, 0.6) is 5.75 Å². The van der Waals surface area contributed by atoms with E-state index in [2.05, 4.69) is 5.32 Å². The lowest BCUT2D eigenvalue weighted by Crippen LogP contribution is -2.53. The molecule has 0 aliphatic heterocycles. The van der Waals surface area contributed by atoms with E-state index in [9.17, 15) is 18.0 Å². The molecular weight excluding hydrogens is 586 g/mol. The Bertz CT molecular complexity index is 1660. The van der Waals surface area contributed by atoms with E-state index in [4.69, 9.17) is 4.74 Å². The second-order valence-corrected chi connectivity index (χ2v) is 12.5. The van der Waals surface area contributed by atoms with Crippen molar-refractivity contribution in [3.05, 3.63) is 126 Å². The Balaban J connectivity index is 1.83. The van der Waals surface area contributed by atoms with Crippen molar-refractivity contribution in [2.45, 2.75) is 51.1 Å². The van der Waals surface area contributed by atoms with Gasteiger partial charge in [0, 0.05) is 19.5 Å². The zero-order valence-corrected chi connectivity index (χ0v) is 26.9. The SMILES string of the molecule is CCCNC(=O)[C@H](Cc1ccccc1)N(Cc1ccccc1C)C(=O)CN(c1ccccc1OCC)S(=O)(=O)c1ccccc1. The predicted octanol–water partition coefficient (Wildman–Crippen LogP) is 5.76. The Labute approximate surface area is 266 Å². The molecule has 0 aromatic heterocycles. The van der Waals surface area contributed by atoms with Gasteiger partial charge in [-0.3, -0.25) is 13.9 Å². The van der Waals surface area contributed by atoms with Crippen LogP contribution in [-0.4, -0.2) is 50.9 Å². The first-order valence-corrected chi connectivity index (χ1v) is 16.7. The maximum atomic E-state index is 14.6. The van der Waals surface area contributed by atoms with Crippen molar-refractivity contribution >= 4 is 27.5 Å². The molecule has 0 aliphatic rings. The summed E-state index contributed by atoms with van der Waals surface area (Å²) in [5, 5.41) is 2.97. The Hall–Kier alpha value is -4.63. The third-order valence-electron chi connectivity index (χ3n) is 7.47. The lowest BCUT2D eigenvalue weighted by atomic mass is 10.0. The van der Waals surface area contributed by atoms with Crippen LogP contribution in [0.3, 0.4) is 0 Å². The average molecular weight is 628 g/mol. The topological polar surface area (TPSA) is 96.0 Å². The van der Waals surface area contributed by atoms with E-state index >= 15 is 0 Å². The number of sulfonamides is 1. The van der Waals surface area contributed by atoms with Crippen LogP contribution in [0.4, 0.5) is 5.69 Å². The number of carbonyl (C=O) groups excluding carboxylic acids is 2. The molecule has 2 amide bonds. The summed E-state index contributed by atoms with van der Waals surface area (Å²) in [5.74, 6) is -0.481. The molecule has 45 heavy (non-hydrogen) atoms. The smallest absolute Gasteiger partial charge is 0.264 e. The van der Waals surface area contributed by atoms with Gasteiger partial charge in [-0.05, 0) is 61.2 Å². The minimum absolute atomic E-state index is 0.0380. The van der Waals surface area contributed by atoms with E-state index in [0.717, 1.165) is 27.4 Å². The van der Waals surface area contributed by atoms with Crippen molar-refractivity contribution in [2.24, 2.45) is 0 Å². The van der Waals surface area contributed by atoms with Crippen LogP contribution in [0.1, 0.15) is 37.0 Å². The quantitative estimate of drug-likeness (QED) is 0.181. The summed E-state index contributed by atoms with van der Waals surface area (Å²) < 4.78 is 35.3. The summed E-state index contributed by atoms with van der Waals surface area (Å²) in [4.78, 5) is 29.9. The number of para-hydroxylation sites is 2. The van der Waals surface area contributed by atoms with Crippen LogP contribution in [0.2, 0.25) is 0 Å². The minimum atomic E-state index is -4.22. The highest BCUT2D eigenvalue weighted by Gasteiger charge is 2.35. The fourth-order valence-electron chi connectivity index (χ4n) is 5.06. The second-order valence-electron chi connectivity index (χ2n) is 10.7. The van der Waals surface area contributed by atoms with Gasteiger partial charge in [0.15, 0.2) is 0 Å². The van der Waals surface area contributed by atoms with Crippen molar-refractivity contribution in [1.29, 1.82) is 0 Å². The van der Waals surface area contributed by atoms with Gasteiger partial charge in [0.2, 0.25) is 11.8 Å². The van der Waals surface area contributed by atoms with Gasteiger partial charge < -0.3 is 15.0 Å². The number of ether oxygens (including phenoxy) is 1. The molecule has 0 heterocycles. The van der Waals surface area contributed by atoms with E-state index < -0.39 is 28.5 Å². The lowest BCUT2D eigenvalue weighted by Gasteiger charge is -2.34. The van der Waals surface area contributed by atoms with Crippen molar-refractivity contribution in [1.82, 2.24) is 10.2 Å². The monoisotopic (exact) mass is 627 g/mol. The number of amides is 2. The van der Waals surface area contributed by atoms with Gasteiger partial charge in [0.25, 0.3) is 10.0 Å². The van der Waals surface area contributed by atoms with Crippen LogP contribution in [0.15, 0.2) is 114 Å². The van der Waals surface area contributed by atoms with E-state index in [1.54, 1.807) is 42.5 Å². The molecule has 0 bridgehead atoms. The van der Waals surface area contributed by atoms with E-state index in [0.29, 0.717) is 18.9 Å². The number of hydrogen-bond acceptors (Lipinski definition) is 5. The third kappa shape index (κ3) is 8.51. The highest BCUT2D eigenvalue weighted by Crippen LogP contribution is 2.33. The maximum absolute atomic E-state index is 14.6. The molecule has 236 valence electrons. The number of benzene rings is 4. The normalized spacial score (nSPS) is 11.8. The summed E-state index contributed by atoms with van der Waals surface area (Å²) in [6.07, 6.45) is 0.988. The van der Waals surface area contributed by atoms with E-state index in [-0.39, 0.29) is 29.5 Å². The number of nitrogens with zero attached hydrogens (tertiary/aromatic N) is 2. The number of aryl methyl sites for hydroxylation is 1. The van der Waals surface area contributed by atoms with Gasteiger partial charge in [-0.15, -0.1) is 0 Å². The third-order valence-corrected chi connectivity index (χ3v) is 9.24. The fraction of sp³-hybridized carbons (Fsp3) is 0.278. The van der Waals surface area contributed by atoms with Gasteiger partial charge in [-0.1, -0.05) is 91.9 Å². The van der Waals surface area contributed by atoms with Gasteiger partial charge in [-0.25, -0.2) is 8.42 Å². The van der Waals surface area contributed by atoms with Crippen molar-refractivity contribution in [2.75, 3.05) is 24.0 Å². The molecular formula is C36H41N3O5S. The number of anilines is 1. The Morgan fingerprint density at radius 2 is 1.44 bits per heavy atom. The summed E-state index contributed by atoms with van der Waals surface area (Å²) in [6.45, 7) is 6.06. The molecule has 0 saturated heterocycles. The van der Waals surface area contributed by atoms with E-state index in [1.165, 1.54) is 17.0 Å². The molecule has 4 aromatic carbocycles. The predicted molar refractivity (Wildman–Crippen MR) is 178 cm³/mol. The van der Waals surface area contributed by atoms with Crippen LogP contribution >= 0.6 is 0 Å². The van der Waals surface area contributed by atoms with Gasteiger partial charge in [0.1, 0.15) is 18.3 Å². The highest BCUT2D eigenvalue weighted by atomic mass is 32.2. The van der Waals surface area contributed by atoms with Crippen LogP contribution in [-0.2, 0) is 32.6 Å². The van der Waals surface area contributed by atoms with Crippen LogP contribution in [0.25, 0.3) is 0 Å². The molecule has 9 heteroatoms. The standard InChI is InChI=1S/C36H41N3O5S/c1-4-24-37-36(41)33(25-29-17-8-6-9-18-29)38(26-30-19-13-12-16-28(30)3)35(40)27-39(32-22-14-15-23-34(32)44-5-2)45(42,43)31-20-10-7-11-21-31/h6-23,33H,4-5,24-27H2,1-3H3,(H,37,41)/t33-/m0/s1. The van der Waals surface area contributed by atoms with Crippen molar-refractivity contribution in [3.63, 3.8) is 0 Å². The van der Waals surface area contributed by atoms with Crippen molar-refractivity contribution < 1.29 is 22.7 Å². The molecule has 4 rings (SSSR count). The fourth-order valence-corrected chi connectivity index (χ4v) is 6.51. The van der Waals surface area contributed by atoms with Crippen LogP contribution < -0.4 is 14.4 Å². The molecule has 1 atom stereocenters. The summed E-state index contributed by atoms with van der Waals surface area (Å²) in [5.41, 5.74) is 2.94. The molecule has 0 unspecified atom stereocenters. The first-order valence-electron chi connectivity index (χ1n) is 15.2. The molecule has 8 nitrogen and oxygen atoms in total. The Morgan fingerprint density at radius 3 is 2.11 bits per heavy atom. The molecule has 0 spiro atoms. The van der Waals surface area contributed by atoms with Gasteiger partial charge in [-0.2, -0.15) is 0 Å². The average Bonchev–Trinajstić information content (AvgIpc) is 3.06. The Kier molecular flexibility index (Phi) is 11.8. The van der Waals surface area contributed by atoms with Crippen LogP contribution in [0, 0.1) is 6.92 Å². The van der Waals surface area contributed by atoms with Crippen molar-refractivity contribution in [3.8, 4) is 5.75 Å². The Morgan fingerprint density at radius 1 is 0.822 bits per heavy atom. The maximum Gasteiger partial charge on any atom is 0.264 e. The number of carbonyl (C=O) groups is 2. The van der Waals surface area contributed by atoms with Gasteiger partial charge >= 0.3 is 0 Å². The first-order chi connectivity index (χ1) is 21.8. The zero-order valence-electron chi connectivity index (χ0n) is 26.1. The largest absolute Gasteiger partial charge is 0.492 e. The molecule has 0 aliphatic carbocycles. The molecule has 4 aromatic rings. The molecule has 0 fully saturated rings. The summed E-state index contributed by atoms with van der Waals surface area (Å²) in [6, 6.07) is 31.1.